The van der Waals surface area contributed by atoms with Crippen LogP contribution in [0.5, 0.6) is 0 Å². The third-order valence-electron chi connectivity index (χ3n) is 7.25. The Labute approximate surface area is 258 Å². The smallest absolute Gasteiger partial charge is 0.305 e. The fourth-order valence-electron chi connectivity index (χ4n) is 5.02. The predicted molar refractivity (Wildman–Crippen MR) is 176 cm³/mol. The van der Waals surface area contributed by atoms with Crippen LogP contribution in [0.25, 0.3) is 0 Å². The molecule has 0 amide bonds. The van der Waals surface area contributed by atoms with E-state index in [1.807, 2.05) is 43.4 Å². The summed E-state index contributed by atoms with van der Waals surface area (Å²) < 4.78 is 42.2. The maximum absolute atomic E-state index is 12.4. The quantitative estimate of drug-likeness (QED) is 0.0636. The van der Waals surface area contributed by atoms with Crippen molar-refractivity contribution in [3.63, 3.8) is 0 Å². The van der Waals surface area contributed by atoms with Gasteiger partial charge in [0.15, 0.2) is 0 Å². The Hall–Kier alpha value is -3.30. The Bertz CT molecular complexity index is 1400. The molecule has 0 aliphatic heterocycles. The Morgan fingerprint density at radius 1 is 0.884 bits per heavy atom. The lowest BCUT2D eigenvalue weighted by Gasteiger charge is -2.44. The molecule has 0 heterocycles. The van der Waals surface area contributed by atoms with Crippen LogP contribution < -0.4 is 10.4 Å². The number of hydrogen-bond donors (Lipinski definition) is 0. The minimum atomic E-state index is -3.79. The summed E-state index contributed by atoms with van der Waals surface area (Å²) in [6.45, 7) is 8.65. The highest BCUT2D eigenvalue weighted by atomic mass is 32.2. The first-order valence-electron chi connectivity index (χ1n) is 14.6. The molecule has 6 nitrogen and oxygen atoms in total. The van der Waals surface area contributed by atoms with Crippen molar-refractivity contribution in [1.82, 2.24) is 0 Å². The number of esters is 1. The zero-order valence-corrected chi connectivity index (χ0v) is 27.7. The Morgan fingerprint density at radius 2 is 1.47 bits per heavy atom. The van der Waals surface area contributed by atoms with Gasteiger partial charge in [-0.2, -0.15) is 8.42 Å². The zero-order valence-electron chi connectivity index (χ0n) is 25.9. The number of hydrogen-bond acceptors (Lipinski definition) is 6. The van der Waals surface area contributed by atoms with Crippen LogP contribution in [-0.4, -0.2) is 42.5 Å². The second-order valence-electron chi connectivity index (χ2n) is 11.5. The molecule has 0 saturated carbocycles. The Morgan fingerprint density at radius 3 is 2.00 bits per heavy atom. The van der Waals surface area contributed by atoms with E-state index in [9.17, 15) is 13.2 Å². The highest BCUT2D eigenvalue weighted by molar-refractivity contribution is 7.86. The lowest BCUT2D eigenvalue weighted by atomic mass is 10.1. The predicted octanol–water partition coefficient (Wildman–Crippen LogP) is 6.49. The van der Waals surface area contributed by atoms with Crippen LogP contribution in [0.1, 0.15) is 52.0 Å². The molecule has 0 radical (unpaired) electrons. The first-order chi connectivity index (χ1) is 20.5. The molecule has 3 aromatic carbocycles. The van der Waals surface area contributed by atoms with E-state index in [0.717, 1.165) is 5.56 Å². The van der Waals surface area contributed by atoms with Gasteiger partial charge in [-0.3, -0.25) is 8.98 Å². The summed E-state index contributed by atoms with van der Waals surface area (Å²) in [5.74, 6) is -0.242. The first kappa shape index (κ1) is 34.2. The van der Waals surface area contributed by atoms with Crippen molar-refractivity contribution in [1.29, 1.82) is 0 Å². The molecule has 1 atom stereocenters. The number of allylic oxidation sites excluding steroid dienone is 2. The third-order valence-corrected chi connectivity index (χ3v) is 13.6. The first-order valence-corrected chi connectivity index (χ1v) is 18.0. The third kappa shape index (κ3) is 9.59. The van der Waals surface area contributed by atoms with E-state index in [1.54, 1.807) is 24.3 Å². The SMILES string of the molecule is COC(=O)CCC[C@@H](/C=C/C=C\CCOS(=O)(=O)c1ccc(C)cc1)O[Si](c1ccccc1)(c1ccccc1)C(C)(C)C. The molecule has 0 unspecified atom stereocenters. The van der Waals surface area contributed by atoms with Crippen molar-refractivity contribution < 1.29 is 26.6 Å². The number of rotatable bonds is 15. The van der Waals surface area contributed by atoms with Gasteiger partial charge < -0.3 is 9.16 Å². The van der Waals surface area contributed by atoms with Crippen molar-refractivity contribution in [2.45, 2.75) is 69.4 Å². The van der Waals surface area contributed by atoms with Gasteiger partial charge in [0.25, 0.3) is 18.4 Å². The summed E-state index contributed by atoms with van der Waals surface area (Å²) in [4.78, 5) is 12.0. The van der Waals surface area contributed by atoms with Gasteiger partial charge >= 0.3 is 5.97 Å². The van der Waals surface area contributed by atoms with Crippen LogP contribution in [0.3, 0.4) is 0 Å². The number of ether oxygens (including phenoxy) is 1. The van der Waals surface area contributed by atoms with E-state index in [-0.39, 0.29) is 28.6 Å². The molecular formula is C35H44O6SSi. The maximum Gasteiger partial charge on any atom is 0.305 e. The van der Waals surface area contributed by atoms with Crippen LogP contribution in [-0.2, 0) is 28.3 Å². The summed E-state index contributed by atoms with van der Waals surface area (Å²) in [5.41, 5.74) is 0.983. The molecule has 0 bridgehead atoms. The van der Waals surface area contributed by atoms with E-state index in [1.165, 1.54) is 17.5 Å². The molecule has 8 heteroatoms. The van der Waals surface area contributed by atoms with E-state index in [4.69, 9.17) is 13.3 Å². The van der Waals surface area contributed by atoms with Crippen molar-refractivity contribution in [2.75, 3.05) is 13.7 Å². The monoisotopic (exact) mass is 620 g/mol. The molecule has 0 N–H and O–H groups in total. The van der Waals surface area contributed by atoms with Gasteiger partial charge in [0.2, 0.25) is 0 Å². The van der Waals surface area contributed by atoms with Crippen LogP contribution >= 0.6 is 0 Å². The molecular weight excluding hydrogens is 577 g/mol. The average molecular weight is 621 g/mol. The Balaban J connectivity index is 1.80. The van der Waals surface area contributed by atoms with Crippen molar-refractivity contribution in [2.24, 2.45) is 0 Å². The van der Waals surface area contributed by atoms with E-state index >= 15 is 0 Å². The molecule has 43 heavy (non-hydrogen) atoms. The Kier molecular flexibility index (Phi) is 12.7. The standard InChI is InChI=1S/C35H44O6SSi/c1-29-24-26-31(27-25-29)42(37,38)40-28-15-7-6-10-17-30(18-16-23-34(36)39-5)41-43(35(2,3)4,32-19-11-8-12-20-32)33-21-13-9-14-22-33/h6-14,17,19-22,24-27,30H,15-16,18,23,28H2,1-5H3/b7-6-,17-10+/t30-/m1/s1. The van der Waals surface area contributed by atoms with Crippen molar-refractivity contribution in [3.05, 3.63) is 115 Å². The zero-order chi connectivity index (χ0) is 31.3. The van der Waals surface area contributed by atoms with Gasteiger partial charge in [-0.1, -0.05) is 123 Å². The lowest BCUT2D eigenvalue weighted by molar-refractivity contribution is -0.140. The number of carbonyl (C=O) groups is 1. The highest BCUT2D eigenvalue weighted by Crippen LogP contribution is 2.38. The molecule has 230 valence electrons. The van der Waals surface area contributed by atoms with Crippen LogP contribution in [0.4, 0.5) is 0 Å². The fraction of sp³-hybridized carbons (Fsp3) is 0.343. The summed E-state index contributed by atoms with van der Waals surface area (Å²) >= 11 is 0. The number of aryl methyl sites for hydroxylation is 1. The minimum absolute atomic E-state index is 0.0433. The molecule has 3 aromatic rings. The molecule has 0 fully saturated rings. The van der Waals surface area contributed by atoms with Crippen molar-refractivity contribution >= 4 is 34.8 Å². The van der Waals surface area contributed by atoms with Gasteiger partial charge in [-0.05, 0) is 53.7 Å². The summed E-state index contributed by atoms with van der Waals surface area (Å²) in [7, 11) is -5.21. The largest absolute Gasteiger partial charge is 0.469 e. The van der Waals surface area contributed by atoms with Crippen LogP contribution in [0, 0.1) is 6.92 Å². The lowest BCUT2D eigenvalue weighted by Crippen LogP contribution is -2.67. The van der Waals surface area contributed by atoms with Crippen LogP contribution in [0.15, 0.2) is 114 Å². The number of methoxy groups -OCH3 is 1. The summed E-state index contributed by atoms with van der Waals surface area (Å²) in [6, 6.07) is 27.5. The maximum atomic E-state index is 12.4. The van der Waals surface area contributed by atoms with Gasteiger partial charge in [-0.25, -0.2) is 0 Å². The fourth-order valence-corrected chi connectivity index (χ4v) is 10.6. The van der Waals surface area contributed by atoms with E-state index < -0.39 is 18.4 Å². The van der Waals surface area contributed by atoms with E-state index in [2.05, 4.69) is 69.3 Å². The van der Waals surface area contributed by atoms with Gasteiger partial charge in [0.1, 0.15) is 0 Å². The highest BCUT2D eigenvalue weighted by Gasteiger charge is 2.51. The second-order valence-corrected chi connectivity index (χ2v) is 17.3. The number of carbonyl (C=O) groups excluding carboxylic acids is 1. The molecule has 0 aromatic heterocycles. The minimum Gasteiger partial charge on any atom is -0.469 e. The molecule has 3 rings (SSSR count). The average Bonchev–Trinajstić information content (AvgIpc) is 2.99. The topological polar surface area (TPSA) is 78.9 Å². The van der Waals surface area contributed by atoms with Crippen LogP contribution in [0.2, 0.25) is 5.04 Å². The molecule has 0 aliphatic carbocycles. The van der Waals surface area contributed by atoms with Crippen molar-refractivity contribution in [3.8, 4) is 0 Å². The second kappa shape index (κ2) is 16.0. The summed E-state index contributed by atoms with van der Waals surface area (Å²) in [5, 5.41) is 2.17. The van der Waals surface area contributed by atoms with Gasteiger partial charge in [0, 0.05) is 6.42 Å². The summed E-state index contributed by atoms with van der Waals surface area (Å²) in [6.07, 6.45) is 9.44. The molecule has 0 aliphatic rings. The van der Waals surface area contributed by atoms with E-state index in [0.29, 0.717) is 25.7 Å². The van der Waals surface area contributed by atoms with Gasteiger partial charge in [0.05, 0.1) is 24.7 Å². The number of benzene rings is 3. The molecule has 0 saturated heterocycles. The normalized spacial score (nSPS) is 13.4. The molecule has 0 spiro atoms. The van der Waals surface area contributed by atoms with Gasteiger partial charge in [-0.15, -0.1) is 0 Å².